The average molecular weight is 477 g/mol. The molecule has 0 saturated carbocycles. The minimum Gasteiger partial charge on any atom is -0.619 e. The highest BCUT2D eigenvalue weighted by molar-refractivity contribution is 5.95. The van der Waals surface area contributed by atoms with Gasteiger partial charge in [-0.3, -0.25) is 19.5 Å². The first-order valence-electron chi connectivity index (χ1n) is 11.3. The molecule has 182 valence electrons. The summed E-state index contributed by atoms with van der Waals surface area (Å²) in [5.74, 6) is 1.24. The number of nitrogens with zero attached hydrogens (tertiary/aromatic N) is 5. The molecule has 0 spiro atoms. The Balaban J connectivity index is 1.34. The third kappa shape index (κ3) is 5.72. The first-order valence-corrected chi connectivity index (χ1v) is 11.3. The van der Waals surface area contributed by atoms with Gasteiger partial charge in [0.05, 0.1) is 29.5 Å². The Labute approximate surface area is 203 Å². The Kier molecular flexibility index (Phi) is 6.92. The number of hydrogen-bond acceptors (Lipinski definition) is 7. The molecule has 1 atom stereocenters. The zero-order valence-corrected chi connectivity index (χ0v) is 19.9. The number of rotatable bonds is 6. The van der Waals surface area contributed by atoms with E-state index in [1.54, 1.807) is 47.8 Å². The van der Waals surface area contributed by atoms with Crippen molar-refractivity contribution in [2.45, 2.75) is 32.4 Å². The van der Waals surface area contributed by atoms with E-state index < -0.39 is 11.6 Å². The van der Waals surface area contributed by atoms with E-state index in [-0.39, 0.29) is 11.8 Å². The molecule has 10 nitrogen and oxygen atoms in total. The van der Waals surface area contributed by atoms with Crippen LogP contribution < -0.4 is 14.8 Å². The molecule has 4 heterocycles. The molecule has 4 rings (SSSR count). The summed E-state index contributed by atoms with van der Waals surface area (Å²) in [5.41, 5.74) is -0.0390. The summed E-state index contributed by atoms with van der Waals surface area (Å²) >= 11 is 0. The average Bonchev–Trinajstić information content (AvgIpc) is 2.85. The van der Waals surface area contributed by atoms with Crippen molar-refractivity contribution in [3.63, 3.8) is 0 Å². The predicted octanol–water partition coefficient (Wildman–Crippen LogP) is 2.47. The van der Waals surface area contributed by atoms with Gasteiger partial charge in [-0.2, -0.15) is 4.73 Å². The lowest BCUT2D eigenvalue weighted by atomic mass is 9.96. The van der Waals surface area contributed by atoms with E-state index in [0.717, 1.165) is 0 Å². The van der Waals surface area contributed by atoms with Crippen molar-refractivity contribution in [3.05, 3.63) is 78.2 Å². The van der Waals surface area contributed by atoms with Crippen molar-refractivity contribution in [1.82, 2.24) is 19.8 Å². The van der Waals surface area contributed by atoms with Gasteiger partial charge in [-0.05, 0) is 45.0 Å². The molecule has 1 aliphatic rings. The number of hydrogen-bond donors (Lipinski definition) is 1. The van der Waals surface area contributed by atoms with Crippen molar-refractivity contribution in [3.8, 4) is 11.5 Å². The summed E-state index contributed by atoms with van der Waals surface area (Å²) in [4.78, 5) is 38.1. The molecule has 3 aromatic heterocycles. The van der Waals surface area contributed by atoms with Crippen LogP contribution in [-0.2, 0) is 4.79 Å². The third-order valence-electron chi connectivity index (χ3n) is 6.01. The van der Waals surface area contributed by atoms with E-state index in [9.17, 15) is 14.8 Å². The number of carbonyl (C=O) groups is 2. The summed E-state index contributed by atoms with van der Waals surface area (Å²) in [7, 11) is 0. The van der Waals surface area contributed by atoms with Gasteiger partial charge in [0.25, 0.3) is 5.91 Å². The highest BCUT2D eigenvalue weighted by atomic mass is 16.5. The van der Waals surface area contributed by atoms with E-state index >= 15 is 0 Å². The van der Waals surface area contributed by atoms with Crippen LogP contribution in [0.2, 0.25) is 0 Å². The first kappa shape index (κ1) is 24.1. The lowest BCUT2D eigenvalue weighted by Gasteiger charge is -2.48. The number of nitrogens with one attached hydrogen (secondary N) is 1. The van der Waals surface area contributed by atoms with E-state index in [1.165, 1.54) is 24.5 Å². The maximum atomic E-state index is 13.0. The molecule has 35 heavy (non-hydrogen) atoms. The Morgan fingerprint density at radius 1 is 1.11 bits per heavy atom. The highest BCUT2D eigenvalue weighted by Gasteiger charge is 2.39. The molecular weight excluding hydrogens is 448 g/mol. The van der Waals surface area contributed by atoms with Crippen molar-refractivity contribution < 1.29 is 19.1 Å². The number of aromatic nitrogens is 3. The molecule has 0 radical (unpaired) electrons. The van der Waals surface area contributed by atoms with Gasteiger partial charge < -0.3 is 20.2 Å². The van der Waals surface area contributed by atoms with Gasteiger partial charge >= 0.3 is 0 Å². The number of pyridine rings is 3. The molecule has 1 fully saturated rings. The molecule has 1 aliphatic heterocycles. The summed E-state index contributed by atoms with van der Waals surface area (Å²) in [6.45, 7) is 7.32. The number of carbonyl (C=O) groups excluding carboxylic acids is 2. The summed E-state index contributed by atoms with van der Waals surface area (Å²) < 4.78 is 6.33. The van der Waals surface area contributed by atoms with Gasteiger partial charge in [-0.25, -0.2) is 4.98 Å². The fourth-order valence-corrected chi connectivity index (χ4v) is 4.07. The van der Waals surface area contributed by atoms with E-state index in [1.807, 2.05) is 20.8 Å². The summed E-state index contributed by atoms with van der Waals surface area (Å²) in [6, 6.07) is 9.60. The molecule has 1 saturated heterocycles. The van der Waals surface area contributed by atoms with Crippen LogP contribution in [0.15, 0.2) is 67.4 Å². The van der Waals surface area contributed by atoms with Crippen molar-refractivity contribution in [2.24, 2.45) is 0 Å². The minimum absolute atomic E-state index is 0.134. The van der Waals surface area contributed by atoms with E-state index in [0.29, 0.717) is 47.2 Å². The zero-order chi connectivity index (χ0) is 25.0. The van der Waals surface area contributed by atoms with Crippen molar-refractivity contribution in [2.75, 3.05) is 25.0 Å². The summed E-state index contributed by atoms with van der Waals surface area (Å²) in [5, 5.41) is 14.1. The van der Waals surface area contributed by atoms with Gasteiger partial charge in [0.2, 0.25) is 5.91 Å². The SMILES string of the molecule is C[C@H](C(=O)Nc1ccc(Oc2cccnc2)cn1)N1CCN(C(=O)c2cc[n+]([O-])cc2)C(C)(C)C1. The molecule has 1 N–H and O–H groups in total. The topological polar surface area (TPSA) is 115 Å². The molecule has 0 unspecified atom stereocenters. The largest absolute Gasteiger partial charge is 0.619 e. The first-order chi connectivity index (χ1) is 16.7. The fourth-order valence-electron chi connectivity index (χ4n) is 4.07. The summed E-state index contributed by atoms with van der Waals surface area (Å²) in [6.07, 6.45) is 7.44. The van der Waals surface area contributed by atoms with Crippen molar-refractivity contribution >= 4 is 17.6 Å². The number of anilines is 1. The van der Waals surface area contributed by atoms with Crippen LogP contribution >= 0.6 is 0 Å². The maximum absolute atomic E-state index is 13.0. The Morgan fingerprint density at radius 2 is 1.86 bits per heavy atom. The van der Waals surface area contributed by atoms with Crippen LogP contribution in [0, 0.1) is 5.21 Å². The molecule has 2 amide bonds. The van der Waals surface area contributed by atoms with Crippen LogP contribution in [0.3, 0.4) is 0 Å². The van der Waals surface area contributed by atoms with Crippen molar-refractivity contribution in [1.29, 1.82) is 0 Å². The van der Waals surface area contributed by atoms with Gasteiger partial charge in [0, 0.05) is 38.0 Å². The minimum atomic E-state index is -0.503. The number of piperazine rings is 1. The number of ether oxygens (including phenoxy) is 1. The van der Waals surface area contributed by atoms with Crippen LogP contribution in [0.4, 0.5) is 5.82 Å². The zero-order valence-electron chi connectivity index (χ0n) is 19.9. The van der Waals surface area contributed by atoms with Gasteiger partial charge in [0.15, 0.2) is 12.4 Å². The molecule has 0 aliphatic carbocycles. The lowest BCUT2D eigenvalue weighted by Crippen LogP contribution is -2.63. The smallest absolute Gasteiger partial charge is 0.254 e. The second-order valence-electron chi connectivity index (χ2n) is 9.02. The Bertz CT molecular complexity index is 1170. The van der Waals surface area contributed by atoms with Crippen LogP contribution in [0.1, 0.15) is 31.1 Å². The molecule has 3 aromatic rings. The van der Waals surface area contributed by atoms with E-state index in [4.69, 9.17) is 4.74 Å². The fraction of sp³-hybridized carbons (Fsp3) is 0.320. The van der Waals surface area contributed by atoms with Gasteiger partial charge in [0.1, 0.15) is 17.3 Å². The predicted molar refractivity (Wildman–Crippen MR) is 129 cm³/mol. The standard InChI is InChI=1S/C25H28N6O4/c1-18(23(32)28-22-7-6-21(16-27-22)35-20-5-4-10-26-15-20)29-13-14-31(25(2,3)17-29)24(33)19-8-11-30(34)12-9-19/h4-12,15-16,18H,13-14,17H2,1-3H3,(H,27,28,32)/t18-/m1/s1. The Hall–Kier alpha value is -4.05. The van der Waals surface area contributed by atoms with Crippen LogP contribution in [0.25, 0.3) is 0 Å². The van der Waals surface area contributed by atoms with E-state index in [2.05, 4.69) is 20.2 Å². The second-order valence-corrected chi connectivity index (χ2v) is 9.02. The second kappa shape index (κ2) is 10.1. The van der Waals surface area contributed by atoms with Crippen LogP contribution in [-0.4, -0.2) is 62.8 Å². The number of amides is 2. The monoisotopic (exact) mass is 476 g/mol. The Morgan fingerprint density at radius 3 is 2.49 bits per heavy atom. The quantitative estimate of drug-likeness (QED) is 0.429. The van der Waals surface area contributed by atoms with Gasteiger partial charge in [-0.1, -0.05) is 0 Å². The van der Waals surface area contributed by atoms with Gasteiger partial charge in [-0.15, -0.1) is 0 Å². The molecular formula is C25H28N6O4. The molecule has 0 bridgehead atoms. The lowest BCUT2D eigenvalue weighted by molar-refractivity contribution is -0.605. The third-order valence-corrected chi connectivity index (χ3v) is 6.01. The van der Waals surface area contributed by atoms with Crippen LogP contribution in [0.5, 0.6) is 11.5 Å². The molecule has 0 aromatic carbocycles. The molecule has 10 heteroatoms. The highest BCUT2D eigenvalue weighted by Crippen LogP contribution is 2.25. The maximum Gasteiger partial charge on any atom is 0.254 e. The normalized spacial score (nSPS) is 16.4.